The molecule has 1 fully saturated rings. The average Bonchev–Trinajstić information content (AvgIpc) is 2.77. The van der Waals surface area contributed by atoms with E-state index in [1.807, 2.05) is 30.3 Å². The first-order chi connectivity index (χ1) is 14.0. The molecule has 4 rings (SSSR count). The Morgan fingerprint density at radius 3 is 2.41 bits per heavy atom. The summed E-state index contributed by atoms with van der Waals surface area (Å²) in [7, 11) is 0. The Morgan fingerprint density at radius 1 is 1.00 bits per heavy atom. The van der Waals surface area contributed by atoms with Gasteiger partial charge in [0.15, 0.2) is 5.67 Å². The van der Waals surface area contributed by atoms with Crippen molar-refractivity contribution in [3.63, 3.8) is 0 Å². The van der Waals surface area contributed by atoms with Crippen molar-refractivity contribution in [2.75, 3.05) is 13.1 Å². The second-order valence-corrected chi connectivity index (χ2v) is 7.14. The van der Waals surface area contributed by atoms with Crippen molar-refractivity contribution < 1.29 is 9.18 Å². The molecule has 1 aliphatic heterocycles. The predicted molar refractivity (Wildman–Crippen MR) is 107 cm³/mol. The molecule has 0 unspecified atom stereocenters. The molecular formula is C22H21FN4O2. The van der Waals surface area contributed by atoms with Crippen LogP contribution in [0.4, 0.5) is 4.39 Å². The zero-order chi connectivity index (χ0) is 20.3. The van der Waals surface area contributed by atoms with Gasteiger partial charge in [0.25, 0.3) is 5.56 Å². The van der Waals surface area contributed by atoms with Crippen LogP contribution in [0.2, 0.25) is 0 Å². The number of carbonyl (C=O) groups is 1. The second-order valence-electron chi connectivity index (χ2n) is 7.14. The van der Waals surface area contributed by atoms with Gasteiger partial charge in [-0.05, 0) is 18.2 Å². The standard InChI is InChI=1S/C22H21FN4O2/c23-22(19-8-4-5-13-24-19)11-14-26(15-12-22)21(29)16-27-20(28)10-9-18(25-27)17-6-2-1-3-7-17/h1-10,13H,11-12,14-16H2. The highest BCUT2D eigenvalue weighted by atomic mass is 19.1. The fourth-order valence-corrected chi connectivity index (χ4v) is 3.55. The molecule has 1 saturated heterocycles. The maximum Gasteiger partial charge on any atom is 0.267 e. The molecule has 0 spiro atoms. The molecule has 7 heteroatoms. The molecule has 0 bridgehead atoms. The van der Waals surface area contributed by atoms with Gasteiger partial charge in [-0.25, -0.2) is 9.07 Å². The van der Waals surface area contributed by atoms with Crippen LogP contribution >= 0.6 is 0 Å². The number of alkyl halides is 1. The SMILES string of the molecule is O=C(Cn1nc(-c2ccccc2)ccc1=O)N1CCC(F)(c2ccccn2)CC1. The van der Waals surface area contributed by atoms with E-state index >= 15 is 4.39 Å². The van der Waals surface area contributed by atoms with Crippen molar-refractivity contribution >= 4 is 5.91 Å². The summed E-state index contributed by atoms with van der Waals surface area (Å²) in [4.78, 5) is 30.6. The lowest BCUT2D eigenvalue weighted by Gasteiger charge is -2.36. The normalized spacial score (nSPS) is 15.8. The van der Waals surface area contributed by atoms with Crippen molar-refractivity contribution in [2.24, 2.45) is 0 Å². The van der Waals surface area contributed by atoms with Gasteiger partial charge in [0.2, 0.25) is 5.91 Å². The third kappa shape index (κ3) is 4.08. The summed E-state index contributed by atoms with van der Waals surface area (Å²) in [5, 5.41) is 4.33. The topological polar surface area (TPSA) is 68.1 Å². The molecule has 3 heterocycles. The van der Waals surface area contributed by atoms with E-state index in [4.69, 9.17) is 0 Å². The summed E-state index contributed by atoms with van der Waals surface area (Å²) in [6, 6.07) is 17.7. The predicted octanol–water partition coefficient (Wildman–Crippen LogP) is 2.79. The van der Waals surface area contributed by atoms with E-state index in [0.717, 1.165) is 5.56 Å². The second kappa shape index (κ2) is 7.95. The number of pyridine rings is 1. The Bertz CT molecular complexity index is 1050. The molecule has 1 aliphatic rings. The first kappa shape index (κ1) is 19.0. The van der Waals surface area contributed by atoms with E-state index < -0.39 is 5.67 Å². The van der Waals surface area contributed by atoms with Gasteiger partial charge < -0.3 is 4.90 Å². The summed E-state index contributed by atoms with van der Waals surface area (Å²) in [6.07, 6.45) is 1.94. The van der Waals surface area contributed by atoms with Gasteiger partial charge in [-0.15, -0.1) is 0 Å². The fraction of sp³-hybridized carbons (Fsp3) is 0.273. The first-order valence-electron chi connectivity index (χ1n) is 9.57. The number of nitrogens with zero attached hydrogens (tertiary/aromatic N) is 4. The monoisotopic (exact) mass is 392 g/mol. The summed E-state index contributed by atoms with van der Waals surface area (Å²) in [6.45, 7) is 0.389. The number of rotatable bonds is 4. The molecule has 0 atom stereocenters. The lowest BCUT2D eigenvalue weighted by atomic mass is 9.89. The van der Waals surface area contributed by atoms with Crippen LogP contribution in [0.3, 0.4) is 0 Å². The number of hydrogen-bond donors (Lipinski definition) is 0. The number of likely N-dealkylation sites (tertiary alicyclic amines) is 1. The molecule has 29 heavy (non-hydrogen) atoms. The molecule has 0 saturated carbocycles. The summed E-state index contributed by atoms with van der Waals surface area (Å²) >= 11 is 0. The maximum atomic E-state index is 15.2. The molecule has 0 radical (unpaired) electrons. The number of halogens is 1. The number of amides is 1. The van der Waals surface area contributed by atoms with E-state index in [1.165, 1.54) is 10.7 Å². The molecular weight excluding hydrogens is 371 g/mol. The number of carbonyl (C=O) groups excluding carboxylic acids is 1. The number of hydrogen-bond acceptors (Lipinski definition) is 4. The minimum Gasteiger partial charge on any atom is -0.341 e. The van der Waals surface area contributed by atoms with E-state index in [-0.39, 0.29) is 43.9 Å². The van der Waals surface area contributed by atoms with Crippen molar-refractivity contribution in [3.05, 3.63) is 82.9 Å². The Labute approximate surface area is 167 Å². The van der Waals surface area contributed by atoms with Gasteiger partial charge in [0.1, 0.15) is 6.54 Å². The molecule has 1 amide bonds. The van der Waals surface area contributed by atoms with Gasteiger partial charge in [0.05, 0.1) is 11.4 Å². The van der Waals surface area contributed by atoms with E-state index in [0.29, 0.717) is 11.4 Å². The van der Waals surface area contributed by atoms with Crippen LogP contribution in [-0.4, -0.2) is 38.7 Å². The zero-order valence-electron chi connectivity index (χ0n) is 15.9. The summed E-state index contributed by atoms with van der Waals surface area (Å²) in [5.41, 5.74) is 0.0168. The highest BCUT2D eigenvalue weighted by molar-refractivity contribution is 5.76. The van der Waals surface area contributed by atoms with E-state index in [1.54, 1.807) is 35.4 Å². The Hall–Kier alpha value is -3.35. The molecule has 3 aromatic rings. The van der Waals surface area contributed by atoms with E-state index in [2.05, 4.69) is 10.1 Å². The summed E-state index contributed by atoms with van der Waals surface area (Å²) in [5.74, 6) is -0.243. The van der Waals surface area contributed by atoms with Crippen LogP contribution in [0, 0.1) is 0 Å². The number of aromatic nitrogens is 3. The number of piperidine rings is 1. The Morgan fingerprint density at radius 2 is 1.72 bits per heavy atom. The highest BCUT2D eigenvalue weighted by Gasteiger charge is 2.38. The van der Waals surface area contributed by atoms with E-state index in [9.17, 15) is 9.59 Å². The Balaban J connectivity index is 1.45. The van der Waals surface area contributed by atoms with Crippen molar-refractivity contribution in [2.45, 2.75) is 25.1 Å². The third-order valence-electron chi connectivity index (χ3n) is 5.25. The molecule has 0 N–H and O–H groups in total. The van der Waals surface area contributed by atoms with Crippen LogP contribution in [0.5, 0.6) is 0 Å². The van der Waals surface area contributed by atoms with Crippen LogP contribution in [0.25, 0.3) is 11.3 Å². The highest BCUT2D eigenvalue weighted by Crippen LogP contribution is 2.35. The number of benzene rings is 1. The van der Waals surface area contributed by atoms with Crippen LogP contribution in [0.15, 0.2) is 71.7 Å². The average molecular weight is 392 g/mol. The molecule has 0 aliphatic carbocycles. The van der Waals surface area contributed by atoms with Gasteiger partial charge in [-0.3, -0.25) is 14.6 Å². The maximum absolute atomic E-state index is 15.2. The largest absolute Gasteiger partial charge is 0.341 e. The zero-order valence-corrected chi connectivity index (χ0v) is 15.9. The summed E-state index contributed by atoms with van der Waals surface area (Å²) < 4.78 is 16.4. The third-order valence-corrected chi connectivity index (χ3v) is 5.25. The molecule has 1 aromatic carbocycles. The van der Waals surface area contributed by atoms with Crippen molar-refractivity contribution in [1.82, 2.24) is 19.7 Å². The Kier molecular flexibility index (Phi) is 5.20. The van der Waals surface area contributed by atoms with Crippen LogP contribution in [0.1, 0.15) is 18.5 Å². The molecule has 2 aromatic heterocycles. The minimum absolute atomic E-state index is 0.164. The van der Waals surface area contributed by atoms with Crippen molar-refractivity contribution in [1.29, 1.82) is 0 Å². The molecule has 6 nitrogen and oxygen atoms in total. The quantitative estimate of drug-likeness (QED) is 0.685. The van der Waals surface area contributed by atoms with Crippen molar-refractivity contribution in [3.8, 4) is 11.3 Å². The van der Waals surface area contributed by atoms with Crippen LogP contribution < -0.4 is 5.56 Å². The fourth-order valence-electron chi connectivity index (χ4n) is 3.55. The van der Waals surface area contributed by atoms with Gasteiger partial charge in [-0.2, -0.15) is 5.10 Å². The van der Waals surface area contributed by atoms with Crippen LogP contribution in [-0.2, 0) is 17.0 Å². The van der Waals surface area contributed by atoms with Gasteiger partial charge >= 0.3 is 0 Å². The van der Waals surface area contributed by atoms with Gasteiger partial charge in [-0.1, -0.05) is 36.4 Å². The lowest BCUT2D eigenvalue weighted by Crippen LogP contribution is -2.45. The lowest BCUT2D eigenvalue weighted by molar-refractivity contribution is -0.135. The molecule has 148 valence electrons. The smallest absolute Gasteiger partial charge is 0.267 e. The first-order valence-corrected chi connectivity index (χ1v) is 9.57. The van der Waals surface area contributed by atoms with Gasteiger partial charge in [0, 0.05) is 43.8 Å². The minimum atomic E-state index is -1.53.